The molecule has 1 atom stereocenters. The first-order chi connectivity index (χ1) is 16.3. The fourth-order valence-corrected chi connectivity index (χ4v) is 3.83. The highest BCUT2D eigenvalue weighted by atomic mass is 16.5. The number of anilines is 1. The van der Waals surface area contributed by atoms with Gasteiger partial charge < -0.3 is 20.3 Å². The summed E-state index contributed by atoms with van der Waals surface area (Å²) in [6.07, 6.45) is 3.85. The molecule has 0 unspecified atom stereocenters. The van der Waals surface area contributed by atoms with Gasteiger partial charge in [-0.25, -0.2) is 0 Å². The maximum Gasteiger partial charge on any atom is 0.239 e. The molecule has 2 N–H and O–H groups in total. The smallest absolute Gasteiger partial charge is 0.239 e. The molecule has 0 saturated carbocycles. The van der Waals surface area contributed by atoms with Crippen LogP contribution in [0, 0.1) is 5.92 Å². The third kappa shape index (κ3) is 9.60. The van der Waals surface area contributed by atoms with E-state index in [-0.39, 0.29) is 5.91 Å². The number of ether oxygens (including phenoxy) is 1. The van der Waals surface area contributed by atoms with Crippen molar-refractivity contribution in [2.75, 3.05) is 31.1 Å². The Kier molecular flexibility index (Phi) is 11.7. The van der Waals surface area contributed by atoms with Gasteiger partial charge in [-0.3, -0.25) is 4.79 Å². The minimum absolute atomic E-state index is 0.0620. The molecule has 2 rings (SSSR count). The Morgan fingerprint density at radius 3 is 2.29 bits per heavy atom. The molecule has 2 aromatic rings. The zero-order valence-corrected chi connectivity index (χ0v) is 21.7. The highest BCUT2D eigenvalue weighted by Crippen LogP contribution is 2.21. The van der Waals surface area contributed by atoms with Crippen molar-refractivity contribution < 1.29 is 9.53 Å². The van der Waals surface area contributed by atoms with Crippen molar-refractivity contribution in [3.8, 4) is 5.75 Å². The predicted octanol–water partition coefficient (Wildman–Crippen LogP) is 5.65. The number of amides is 1. The lowest BCUT2D eigenvalue weighted by Gasteiger charge is -2.28. The van der Waals surface area contributed by atoms with Gasteiger partial charge >= 0.3 is 0 Å². The van der Waals surface area contributed by atoms with Crippen LogP contribution >= 0.6 is 0 Å². The molecule has 0 aromatic heterocycles. The molecule has 0 heterocycles. The van der Waals surface area contributed by atoms with E-state index in [1.165, 1.54) is 5.57 Å². The van der Waals surface area contributed by atoms with Crippen molar-refractivity contribution in [3.05, 3.63) is 71.8 Å². The fraction of sp³-hybridized carbons (Fsp3) is 0.483. The average Bonchev–Trinajstić information content (AvgIpc) is 2.82. The Morgan fingerprint density at radius 1 is 1.03 bits per heavy atom. The Morgan fingerprint density at radius 2 is 1.71 bits per heavy atom. The van der Waals surface area contributed by atoms with Crippen molar-refractivity contribution in [2.45, 2.75) is 60.1 Å². The summed E-state index contributed by atoms with van der Waals surface area (Å²) in [5, 5.41) is 0. The van der Waals surface area contributed by atoms with E-state index in [2.05, 4.69) is 62.9 Å². The first-order valence-electron chi connectivity index (χ1n) is 12.5. The zero-order chi connectivity index (χ0) is 24.9. The number of hydrogen-bond donors (Lipinski definition) is 1. The standard InChI is InChI=1S/C29H43N3O2/c1-6-31(29(33)28(30)21-24(4)5)18-10-19-32(20-17-23(2)3)26-13-15-27(16-14-26)34-22-25-11-8-7-9-12-25/h7-9,11-17,24,28H,6,10,18-22,30H2,1-5H3/t28-/m0/s1. The Balaban J connectivity index is 1.97. The summed E-state index contributed by atoms with van der Waals surface area (Å²) in [7, 11) is 0. The van der Waals surface area contributed by atoms with Crippen molar-refractivity contribution >= 4 is 11.6 Å². The molecule has 0 fully saturated rings. The highest BCUT2D eigenvalue weighted by Gasteiger charge is 2.20. The molecular weight excluding hydrogens is 422 g/mol. The number of benzene rings is 2. The topological polar surface area (TPSA) is 58.8 Å². The van der Waals surface area contributed by atoms with Crippen molar-refractivity contribution in [1.29, 1.82) is 0 Å². The van der Waals surface area contributed by atoms with Crippen molar-refractivity contribution in [3.63, 3.8) is 0 Å². The second-order valence-electron chi connectivity index (χ2n) is 9.50. The first-order valence-corrected chi connectivity index (χ1v) is 12.5. The molecule has 186 valence electrons. The monoisotopic (exact) mass is 465 g/mol. The van der Waals surface area contributed by atoms with E-state index in [0.29, 0.717) is 25.6 Å². The predicted molar refractivity (Wildman–Crippen MR) is 143 cm³/mol. The number of likely N-dealkylation sites (N-methyl/N-ethyl adjacent to an activating group) is 1. The van der Waals surface area contributed by atoms with E-state index in [9.17, 15) is 4.79 Å². The van der Waals surface area contributed by atoms with Crippen LogP contribution in [0.4, 0.5) is 5.69 Å². The van der Waals surface area contributed by atoms with Crippen LogP contribution in [-0.4, -0.2) is 43.0 Å². The van der Waals surface area contributed by atoms with Crippen LogP contribution in [0.2, 0.25) is 0 Å². The zero-order valence-electron chi connectivity index (χ0n) is 21.7. The van der Waals surface area contributed by atoms with Gasteiger partial charge in [-0.1, -0.05) is 55.8 Å². The molecule has 0 bridgehead atoms. The molecule has 0 radical (unpaired) electrons. The molecule has 0 aliphatic carbocycles. The Bertz CT molecular complexity index is 874. The van der Waals surface area contributed by atoms with E-state index in [1.54, 1.807) is 0 Å². The van der Waals surface area contributed by atoms with E-state index in [4.69, 9.17) is 10.5 Å². The number of nitrogens with zero attached hydrogens (tertiary/aromatic N) is 2. The summed E-state index contributed by atoms with van der Waals surface area (Å²) in [6.45, 7) is 14.1. The molecule has 5 heteroatoms. The van der Waals surface area contributed by atoms with Crippen LogP contribution < -0.4 is 15.4 Å². The lowest BCUT2D eigenvalue weighted by molar-refractivity contribution is -0.132. The Hall–Kier alpha value is -2.79. The van der Waals surface area contributed by atoms with Crippen LogP contribution in [-0.2, 0) is 11.4 Å². The normalized spacial score (nSPS) is 11.7. The van der Waals surface area contributed by atoms with Crippen LogP contribution in [0.1, 0.15) is 53.0 Å². The quantitative estimate of drug-likeness (QED) is 0.366. The van der Waals surface area contributed by atoms with Gasteiger partial charge in [0.1, 0.15) is 12.4 Å². The molecule has 0 aliphatic heterocycles. The summed E-state index contributed by atoms with van der Waals surface area (Å²) in [6, 6.07) is 18.1. The Labute approximate surface area is 206 Å². The van der Waals surface area contributed by atoms with Crippen LogP contribution in [0.25, 0.3) is 0 Å². The van der Waals surface area contributed by atoms with Gasteiger partial charge in [0.15, 0.2) is 0 Å². The van der Waals surface area contributed by atoms with Crippen LogP contribution in [0.3, 0.4) is 0 Å². The van der Waals surface area contributed by atoms with Crippen LogP contribution in [0.15, 0.2) is 66.2 Å². The second-order valence-corrected chi connectivity index (χ2v) is 9.50. The first kappa shape index (κ1) is 27.5. The SMILES string of the molecule is CCN(CCCN(CC=C(C)C)c1ccc(OCc2ccccc2)cc1)C(=O)[C@@H](N)CC(C)C. The molecular formula is C29H43N3O2. The third-order valence-electron chi connectivity index (χ3n) is 5.76. The van der Waals surface area contributed by atoms with Gasteiger partial charge in [0.2, 0.25) is 5.91 Å². The lowest BCUT2D eigenvalue weighted by Crippen LogP contribution is -2.45. The number of nitrogens with two attached hydrogens (primary N) is 1. The minimum atomic E-state index is -0.412. The van der Waals surface area contributed by atoms with E-state index in [0.717, 1.165) is 42.9 Å². The summed E-state index contributed by atoms with van der Waals surface area (Å²) in [5.41, 5.74) is 9.74. The van der Waals surface area contributed by atoms with Gasteiger partial charge in [-0.2, -0.15) is 0 Å². The number of rotatable bonds is 14. The molecule has 2 aromatic carbocycles. The van der Waals surface area contributed by atoms with Crippen LogP contribution in [0.5, 0.6) is 5.75 Å². The summed E-state index contributed by atoms with van der Waals surface area (Å²) in [4.78, 5) is 17.0. The average molecular weight is 466 g/mol. The maximum atomic E-state index is 12.7. The molecule has 34 heavy (non-hydrogen) atoms. The van der Waals surface area contributed by atoms with E-state index < -0.39 is 6.04 Å². The maximum absolute atomic E-state index is 12.7. The van der Waals surface area contributed by atoms with Gasteiger partial charge in [-0.15, -0.1) is 0 Å². The van der Waals surface area contributed by atoms with Gasteiger partial charge in [0.25, 0.3) is 0 Å². The molecule has 0 saturated heterocycles. The lowest BCUT2D eigenvalue weighted by atomic mass is 10.0. The minimum Gasteiger partial charge on any atom is -0.489 e. The third-order valence-corrected chi connectivity index (χ3v) is 5.76. The summed E-state index contributed by atoms with van der Waals surface area (Å²) < 4.78 is 5.94. The van der Waals surface area contributed by atoms with Gasteiger partial charge in [0, 0.05) is 31.9 Å². The number of carbonyl (C=O) groups is 1. The van der Waals surface area contributed by atoms with E-state index in [1.807, 2.05) is 42.2 Å². The number of hydrogen-bond acceptors (Lipinski definition) is 4. The molecule has 0 spiro atoms. The molecule has 0 aliphatic rings. The molecule has 1 amide bonds. The number of allylic oxidation sites excluding steroid dienone is 1. The fourth-order valence-electron chi connectivity index (χ4n) is 3.83. The number of carbonyl (C=O) groups excluding carboxylic acids is 1. The molecule has 5 nitrogen and oxygen atoms in total. The largest absolute Gasteiger partial charge is 0.489 e. The van der Waals surface area contributed by atoms with Crippen molar-refractivity contribution in [1.82, 2.24) is 4.90 Å². The summed E-state index contributed by atoms with van der Waals surface area (Å²) in [5.74, 6) is 1.33. The van der Waals surface area contributed by atoms with Gasteiger partial charge in [-0.05, 0) is 69.4 Å². The van der Waals surface area contributed by atoms with E-state index >= 15 is 0 Å². The van der Waals surface area contributed by atoms with Crippen molar-refractivity contribution in [2.24, 2.45) is 11.7 Å². The van der Waals surface area contributed by atoms with Gasteiger partial charge in [0.05, 0.1) is 6.04 Å². The summed E-state index contributed by atoms with van der Waals surface area (Å²) >= 11 is 0. The second kappa shape index (κ2) is 14.5. The highest BCUT2D eigenvalue weighted by molar-refractivity contribution is 5.81.